The van der Waals surface area contributed by atoms with E-state index >= 15 is 0 Å². The van der Waals surface area contributed by atoms with Crippen LogP contribution in [0.25, 0.3) is 22.2 Å². The van der Waals surface area contributed by atoms with Crippen molar-refractivity contribution >= 4 is 29.3 Å². The van der Waals surface area contributed by atoms with E-state index in [-0.39, 0.29) is 12.4 Å². The molecule has 0 bridgehead atoms. The molecule has 8 heteroatoms. The van der Waals surface area contributed by atoms with Crippen LogP contribution in [0.15, 0.2) is 23.0 Å². The molecule has 1 aliphatic rings. The van der Waals surface area contributed by atoms with Gasteiger partial charge in [0.25, 0.3) is 5.56 Å². The SMILES string of the molecule is CN(C)Cc1cc2c3c(ccc2n1C)-c1[nH]c(=O)c(C(=O)O)c(O)c1CCC3.Cl. The Bertz CT molecular complexity index is 1180. The first-order chi connectivity index (χ1) is 13.3. The molecule has 29 heavy (non-hydrogen) atoms. The van der Waals surface area contributed by atoms with E-state index in [1.807, 2.05) is 33.3 Å². The Morgan fingerprint density at radius 2 is 1.93 bits per heavy atom. The Balaban J connectivity index is 0.00000240. The van der Waals surface area contributed by atoms with Crippen molar-refractivity contribution in [2.75, 3.05) is 14.1 Å². The molecule has 4 rings (SSSR count). The van der Waals surface area contributed by atoms with Crippen LogP contribution in [-0.4, -0.2) is 44.7 Å². The zero-order valence-corrected chi connectivity index (χ0v) is 17.4. The van der Waals surface area contributed by atoms with Crippen LogP contribution >= 0.6 is 12.4 Å². The second-order valence-electron chi connectivity index (χ2n) is 7.65. The predicted octanol–water partition coefficient (Wildman–Crippen LogP) is 2.91. The predicted molar refractivity (Wildman–Crippen MR) is 114 cm³/mol. The Morgan fingerprint density at radius 1 is 1.24 bits per heavy atom. The number of halogens is 1. The highest BCUT2D eigenvalue weighted by atomic mass is 35.5. The molecule has 2 heterocycles. The van der Waals surface area contributed by atoms with Crippen molar-refractivity contribution in [3.05, 3.63) is 50.9 Å². The number of aromatic hydroxyl groups is 1. The van der Waals surface area contributed by atoms with E-state index in [1.165, 1.54) is 5.69 Å². The molecule has 0 atom stereocenters. The van der Waals surface area contributed by atoms with Gasteiger partial charge in [-0.25, -0.2) is 4.79 Å². The second kappa shape index (κ2) is 7.57. The van der Waals surface area contributed by atoms with Gasteiger partial charge in [-0.15, -0.1) is 12.4 Å². The van der Waals surface area contributed by atoms with Crippen LogP contribution in [-0.2, 0) is 26.4 Å². The zero-order valence-electron chi connectivity index (χ0n) is 16.6. The molecule has 0 aliphatic heterocycles. The molecule has 3 aromatic rings. The Morgan fingerprint density at radius 3 is 2.59 bits per heavy atom. The van der Waals surface area contributed by atoms with Crippen LogP contribution in [0.5, 0.6) is 5.75 Å². The number of fused-ring (bicyclic) bond motifs is 5. The summed E-state index contributed by atoms with van der Waals surface area (Å²) in [5, 5.41) is 20.9. The molecule has 1 aromatic carbocycles. The van der Waals surface area contributed by atoms with Crippen molar-refractivity contribution in [2.45, 2.75) is 25.8 Å². The number of nitrogens with one attached hydrogen (secondary N) is 1. The lowest BCUT2D eigenvalue weighted by atomic mass is 9.97. The summed E-state index contributed by atoms with van der Waals surface area (Å²) in [5.41, 5.74) is 3.94. The minimum atomic E-state index is -1.42. The number of aromatic nitrogens is 2. The van der Waals surface area contributed by atoms with Crippen molar-refractivity contribution in [3.63, 3.8) is 0 Å². The van der Waals surface area contributed by atoms with E-state index in [1.54, 1.807) is 0 Å². The molecule has 3 N–H and O–H groups in total. The first-order valence-corrected chi connectivity index (χ1v) is 9.26. The van der Waals surface area contributed by atoms with Gasteiger partial charge < -0.3 is 24.7 Å². The van der Waals surface area contributed by atoms with Crippen LogP contribution in [0.1, 0.15) is 33.6 Å². The molecule has 7 nitrogen and oxygen atoms in total. The van der Waals surface area contributed by atoms with Crippen LogP contribution in [0.4, 0.5) is 0 Å². The second-order valence-corrected chi connectivity index (χ2v) is 7.65. The van der Waals surface area contributed by atoms with Crippen molar-refractivity contribution in [2.24, 2.45) is 7.05 Å². The van der Waals surface area contributed by atoms with Crippen molar-refractivity contribution in [1.82, 2.24) is 14.5 Å². The Labute approximate surface area is 174 Å². The number of carboxylic acid groups (broad SMARTS) is 1. The fraction of sp³-hybridized carbons (Fsp3) is 0.333. The summed E-state index contributed by atoms with van der Waals surface area (Å²) in [7, 11) is 6.11. The van der Waals surface area contributed by atoms with Gasteiger partial charge >= 0.3 is 5.97 Å². The first-order valence-electron chi connectivity index (χ1n) is 9.26. The van der Waals surface area contributed by atoms with E-state index < -0.39 is 22.8 Å². The van der Waals surface area contributed by atoms with E-state index in [4.69, 9.17) is 0 Å². The quantitative estimate of drug-likeness (QED) is 0.608. The summed E-state index contributed by atoms with van der Waals surface area (Å²) in [5.74, 6) is -1.83. The molecule has 1 aliphatic carbocycles. The number of nitrogens with zero attached hydrogens (tertiary/aromatic N) is 2. The number of aromatic carboxylic acids is 1. The van der Waals surface area contributed by atoms with Gasteiger partial charge in [-0.2, -0.15) is 0 Å². The molecule has 0 spiro atoms. The van der Waals surface area contributed by atoms with Crippen LogP contribution in [0.3, 0.4) is 0 Å². The highest BCUT2D eigenvalue weighted by Crippen LogP contribution is 2.39. The molecule has 0 unspecified atom stereocenters. The molecular formula is C21H24ClN3O4. The van der Waals surface area contributed by atoms with E-state index in [2.05, 4.69) is 20.5 Å². The number of aromatic amines is 1. The highest BCUT2D eigenvalue weighted by Gasteiger charge is 2.26. The van der Waals surface area contributed by atoms with Gasteiger partial charge in [0.05, 0.1) is 5.69 Å². The Hall–Kier alpha value is -2.77. The van der Waals surface area contributed by atoms with Gasteiger partial charge in [0, 0.05) is 41.3 Å². The highest BCUT2D eigenvalue weighted by molar-refractivity contribution is 5.94. The molecule has 154 valence electrons. The first kappa shape index (κ1) is 21.0. The van der Waals surface area contributed by atoms with E-state index in [9.17, 15) is 19.8 Å². The summed E-state index contributed by atoms with van der Waals surface area (Å²) in [6.07, 6.45) is 2.05. The normalized spacial score (nSPS) is 13.0. The lowest BCUT2D eigenvalue weighted by Crippen LogP contribution is -2.20. The number of aryl methyl sites for hydroxylation is 2. The third-order valence-electron chi connectivity index (χ3n) is 5.54. The average molecular weight is 418 g/mol. The van der Waals surface area contributed by atoms with E-state index in [0.717, 1.165) is 41.4 Å². The topological polar surface area (TPSA) is 98.6 Å². The van der Waals surface area contributed by atoms with Crippen molar-refractivity contribution in [1.29, 1.82) is 0 Å². The minimum absolute atomic E-state index is 0. The molecule has 0 amide bonds. The fourth-order valence-corrected chi connectivity index (χ4v) is 4.25. The number of hydrogen-bond donors (Lipinski definition) is 3. The molecule has 2 aromatic heterocycles. The standard InChI is InChI=1S/C21H23N3O4.ClH/c1-23(2)10-11-9-15-12-5-4-6-14-18(13(12)7-8-16(15)24(11)3)22-20(26)17(19(14)25)21(27)28;/h7-9H,4-6,10H2,1-3H3,(H,27,28)(H2,22,25,26);1H. The molecule has 0 radical (unpaired) electrons. The van der Waals surface area contributed by atoms with Gasteiger partial charge in [0.15, 0.2) is 5.56 Å². The van der Waals surface area contributed by atoms with Crippen molar-refractivity contribution in [3.8, 4) is 17.0 Å². The third kappa shape index (κ3) is 3.30. The average Bonchev–Trinajstić information content (AvgIpc) is 2.81. The molecule has 0 saturated heterocycles. The zero-order chi connectivity index (χ0) is 20.2. The summed E-state index contributed by atoms with van der Waals surface area (Å²) in [6.45, 7) is 0.816. The van der Waals surface area contributed by atoms with Gasteiger partial charge in [-0.3, -0.25) is 4.79 Å². The third-order valence-corrected chi connectivity index (χ3v) is 5.54. The van der Waals surface area contributed by atoms with Crippen molar-refractivity contribution < 1.29 is 15.0 Å². The number of H-pyrrole nitrogens is 1. The maximum Gasteiger partial charge on any atom is 0.345 e. The number of hydrogen-bond acceptors (Lipinski definition) is 4. The summed E-state index contributed by atoms with van der Waals surface area (Å²) >= 11 is 0. The van der Waals surface area contributed by atoms with Gasteiger partial charge in [0.2, 0.25) is 0 Å². The summed E-state index contributed by atoms with van der Waals surface area (Å²) < 4.78 is 2.18. The maximum absolute atomic E-state index is 12.3. The van der Waals surface area contributed by atoms with Gasteiger partial charge in [-0.05, 0) is 51.1 Å². The van der Waals surface area contributed by atoms with Crippen LogP contribution in [0.2, 0.25) is 0 Å². The van der Waals surface area contributed by atoms with Gasteiger partial charge in [0.1, 0.15) is 5.75 Å². The largest absolute Gasteiger partial charge is 0.506 e. The lowest BCUT2D eigenvalue weighted by molar-refractivity contribution is 0.0691. The molecule has 0 saturated carbocycles. The Kier molecular flexibility index (Phi) is 5.47. The van der Waals surface area contributed by atoms with Gasteiger partial charge in [-0.1, -0.05) is 6.07 Å². The number of carboxylic acids is 1. The maximum atomic E-state index is 12.3. The lowest BCUT2D eigenvalue weighted by Gasteiger charge is -2.13. The number of benzene rings is 1. The smallest absolute Gasteiger partial charge is 0.345 e. The summed E-state index contributed by atoms with van der Waals surface area (Å²) in [6, 6.07) is 6.16. The number of pyridine rings is 1. The minimum Gasteiger partial charge on any atom is -0.506 e. The molecular weight excluding hydrogens is 394 g/mol. The van der Waals surface area contributed by atoms with Crippen LogP contribution in [0, 0.1) is 0 Å². The van der Waals surface area contributed by atoms with E-state index in [0.29, 0.717) is 17.7 Å². The fourth-order valence-electron chi connectivity index (χ4n) is 4.25. The summed E-state index contributed by atoms with van der Waals surface area (Å²) in [4.78, 5) is 28.5. The number of rotatable bonds is 3. The molecule has 0 fully saturated rings. The monoisotopic (exact) mass is 417 g/mol. The van der Waals surface area contributed by atoms with Crippen LogP contribution < -0.4 is 5.56 Å². The number of carbonyl (C=O) groups is 1.